The minimum Gasteiger partial charge on any atom is -0.493 e. The van der Waals surface area contributed by atoms with E-state index in [-0.39, 0.29) is 0 Å². The van der Waals surface area contributed by atoms with E-state index in [1.807, 2.05) is 30.3 Å². The third-order valence-electron chi connectivity index (χ3n) is 3.68. The SMILES string of the molecule is COc1ccc(/C=N\Nc2nncc3ccccc23)c(OC)c1OC. The van der Waals surface area contributed by atoms with E-state index >= 15 is 0 Å². The first-order valence-electron chi connectivity index (χ1n) is 7.57. The van der Waals surface area contributed by atoms with E-state index in [0.29, 0.717) is 23.1 Å². The molecule has 7 nitrogen and oxygen atoms in total. The highest BCUT2D eigenvalue weighted by atomic mass is 16.5. The van der Waals surface area contributed by atoms with Crippen LogP contribution in [0.1, 0.15) is 5.56 Å². The highest BCUT2D eigenvalue weighted by Gasteiger charge is 2.14. The van der Waals surface area contributed by atoms with Gasteiger partial charge in [0.15, 0.2) is 17.3 Å². The van der Waals surface area contributed by atoms with Crippen molar-refractivity contribution in [3.8, 4) is 17.2 Å². The van der Waals surface area contributed by atoms with E-state index in [2.05, 4.69) is 20.7 Å². The molecule has 128 valence electrons. The number of anilines is 1. The van der Waals surface area contributed by atoms with Crippen molar-refractivity contribution in [3.63, 3.8) is 0 Å². The third kappa shape index (κ3) is 3.30. The van der Waals surface area contributed by atoms with Crippen molar-refractivity contribution < 1.29 is 14.2 Å². The molecule has 0 bridgehead atoms. The van der Waals surface area contributed by atoms with Gasteiger partial charge >= 0.3 is 0 Å². The quantitative estimate of drug-likeness (QED) is 0.550. The van der Waals surface area contributed by atoms with E-state index in [0.717, 1.165) is 16.3 Å². The van der Waals surface area contributed by atoms with Gasteiger partial charge in [-0.25, -0.2) is 0 Å². The molecule has 0 spiro atoms. The number of hydrogen-bond donors (Lipinski definition) is 1. The Bertz CT molecular complexity index is 907. The van der Waals surface area contributed by atoms with Crippen molar-refractivity contribution in [2.45, 2.75) is 0 Å². The zero-order chi connectivity index (χ0) is 17.6. The van der Waals surface area contributed by atoms with Gasteiger partial charge in [0.05, 0.1) is 33.7 Å². The lowest BCUT2D eigenvalue weighted by atomic mass is 10.2. The Hall–Kier alpha value is -3.35. The van der Waals surface area contributed by atoms with Crippen LogP contribution in [0, 0.1) is 0 Å². The molecule has 0 saturated carbocycles. The van der Waals surface area contributed by atoms with Gasteiger partial charge in [-0.3, -0.25) is 5.43 Å². The van der Waals surface area contributed by atoms with Crippen LogP contribution in [0.4, 0.5) is 5.82 Å². The molecule has 1 heterocycles. The summed E-state index contributed by atoms with van der Waals surface area (Å²) in [5.41, 5.74) is 3.66. The lowest BCUT2D eigenvalue weighted by molar-refractivity contribution is 0.324. The van der Waals surface area contributed by atoms with Crippen molar-refractivity contribution in [3.05, 3.63) is 48.2 Å². The largest absolute Gasteiger partial charge is 0.493 e. The predicted molar refractivity (Wildman–Crippen MR) is 96.9 cm³/mol. The number of hydrogen-bond acceptors (Lipinski definition) is 7. The smallest absolute Gasteiger partial charge is 0.203 e. The fourth-order valence-electron chi connectivity index (χ4n) is 2.50. The molecule has 2 aromatic carbocycles. The van der Waals surface area contributed by atoms with Crippen molar-refractivity contribution in [1.82, 2.24) is 10.2 Å². The average molecular weight is 338 g/mol. The molecular weight excluding hydrogens is 320 g/mol. The summed E-state index contributed by atoms with van der Waals surface area (Å²) in [6.45, 7) is 0. The van der Waals surface area contributed by atoms with E-state index in [1.54, 1.807) is 39.8 Å². The highest BCUT2D eigenvalue weighted by molar-refractivity contribution is 5.92. The second-order valence-corrected chi connectivity index (χ2v) is 5.07. The molecule has 0 fully saturated rings. The number of rotatable bonds is 6. The Morgan fingerprint density at radius 3 is 2.52 bits per heavy atom. The summed E-state index contributed by atoms with van der Waals surface area (Å²) >= 11 is 0. The Morgan fingerprint density at radius 1 is 0.960 bits per heavy atom. The predicted octanol–water partition coefficient (Wildman–Crippen LogP) is 3.10. The summed E-state index contributed by atoms with van der Waals surface area (Å²) in [5.74, 6) is 2.22. The van der Waals surface area contributed by atoms with E-state index in [4.69, 9.17) is 14.2 Å². The van der Waals surface area contributed by atoms with Crippen molar-refractivity contribution in [1.29, 1.82) is 0 Å². The molecule has 0 aliphatic rings. The van der Waals surface area contributed by atoms with Crippen LogP contribution >= 0.6 is 0 Å². The molecule has 1 N–H and O–H groups in total. The maximum atomic E-state index is 5.43. The Kier molecular flexibility index (Phi) is 4.94. The third-order valence-corrected chi connectivity index (χ3v) is 3.68. The molecule has 0 radical (unpaired) electrons. The number of ether oxygens (including phenoxy) is 3. The minimum absolute atomic E-state index is 0.513. The molecule has 3 rings (SSSR count). The number of nitrogens with one attached hydrogen (secondary N) is 1. The molecule has 0 atom stereocenters. The molecule has 0 aliphatic heterocycles. The van der Waals surface area contributed by atoms with Gasteiger partial charge in [0.2, 0.25) is 5.75 Å². The van der Waals surface area contributed by atoms with Crippen LogP contribution in [0.25, 0.3) is 10.8 Å². The van der Waals surface area contributed by atoms with Crippen LogP contribution in [0.2, 0.25) is 0 Å². The van der Waals surface area contributed by atoms with Crippen LogP contribution in [0.3, 0.4) is 0 Å². The summed E-state index contributed by atoms with van der Waals surface area (Å²) in [6, 6.07) is 11.4. The second kappa shape index (κ2) is 7.48. The molecule has 0 aliphatic carbocycles. The molecule has 1 aromatic heterocycles. The number of methoxy groups -OCH3 is 3. The number of aromatic nitrogens is 2. The van der Waals surface area contributed by atoms with Gasteiger partial charge in [0.25, 0.3) is 0 Å². The maximum Gasteiger partial charge on any atom is 0.203 e. The maximum absolute atomic E-state index is 5.43. The number of nitrogens with zero attached hydrogens (tertiary/aromatic N) is 3. The molecule has 3 aromatic rings. The lowest BCUT2D eigenvalue weighted by Gasteiger charge is -2.13. The second-order valence-electron chi connectivity index (χ2n) is 5.07. The molecule has 0 amide bonds. The van der Waals surface area contributed by atoms with Crippen molar-refractivity contribution in [2.75, 3.05) is 26.8 Å². The van der Waals surface area contributed by atoms with E-state index in [9.17, 15) is 0 Å². The summed E-state index contributed by atoms with van der Waals surface area (Å²) in [6.07, 6.45) is 3.34. The van der Waals surface area contributed by atoms with Crippen LogP contribution in [-0.2, 0) is 0 Å². The topological polar surface area (TPSA) is 77.9 Å². The van der Waals surface area contributed by atoms with Crippen molar-refractivity contribution in [2.24, 2.45) is 5.10 Å². The van der Waals surface area contributed by atoms with Crippen LogP contribution < -0.4 is 19.6 Å². The first-order chi connectivity index (χ1) is 12.3. The van der Waals surface area contributed by atoms with Gasteiger partial charge < -0.3 is 14.2 Å². The standard InChI is InChI=1S/C18H18N4O3/c1-23-15-9-8-13(16(24-2)17(15)25-3)11-20-22-18-14-7-5-4-6-12(14)10-19-21-18/h4-11H,1-3H3,(H,21,22)/b20-11-. The summed E-state index contributed by atoms with van der Waals surface area (Å²) in [5, 5.41) is 14.2. The molecule has 25 heavy (non-hydrogen) atoms. The van der Waals surface area contributed by atoms with Gasteiger partial charge in [-0.05, 0) is 12.1 Å². The number of hydrazone groups is 1. The zero-order valence-corrected chi connectivity index (χ0v) is 14.2. The fourth-order valence-corrected chi connectivity index (χ4v) is 2.50. The van der Waals surface area contributed by atoms with E-state index < -0.39 is 0 Å². The first kappa shape index (κ1) is 16.5. The summed E-state index contributed by atoms with van der Waals surface area (Å²) in [7, 11) is 4.70. The average Bonchev–Trinajstić information content (AvgIpc) is 2.67. The fraction of sp³-hybridized carbons (Fsp3) is 0.167. The normalized spacial score (nSPS) is 10.8. The number of fused-ring (bicyclic) bond motifs is 1. The summed E-state index contributed by atoms with van der Waals surface area (Å²) in [4.78, 5) is 0. The molecular formula is C18H18N4O3. The zero-order valence-electron chi connectivity index (χ0n) is 14.2. The minimum atomic E-state index is 0.513. The van der Waals surface area contributed by atoms with Crippen molar-refractivity contribution >= 4 is 22.8 Å². The Morgan fingerprint density at radius 2 is 1.76 bits per heavy atom. The van der Waals surface area contributed by atoms with E-state index in [1.165, 1.54) is 0 Å². The Balaban J connectivity index is 1.89. The number of benzene rings is 2. The monoisotopic (exact) mass is 338 g/mol. The van der Waals surface area contributed by atoms with Gasteiger partial charge in [-0.1, -0.05) is 24.3 Å². The van der Waals surface area contributed by atoms with Crippen LogP contribution in [0.15, 0.2) is 47.7 Å². The van der Waals surface area contributed by atoms with Crippen LogP contribution in [0.5, 0.6) is 17.2 Å². The van der Waals surface area contributed by atoms with Crippen LogP contribution in [-0.4, -0.2) is 37.7 Å². The Labute approximate surface area is 145 Å². The summed E-state index contributed by atoms with van der Waals surface area (Å²) < 4.78 is 16.1. The molecule has 7 heteroatoms. The van der Waals surface area contributed by atoms with Gasteiger partial charge in [-0.15, -0.1) is 5.10 Å². The molecule has 0 unspecified atom stereocenters. The highest BCUT2D eigenvalue weighted by Crippen LogP contribution is 2.39. The molecule has 0 saturated heterocycles. The first-order valence-corrected chi connectivity index (χ1v) is 7.57. The van der Waals surface area contributed by atoms with Gasteiger partial charge in [0, 0.05) is 16.3 Å². The lowest BCUT2D eigenvalue weighted by Crippen LogP contribution is -2.00. The van der Waals surface area contributed by atoms with Gasteiger partial charge in [-0.2, -0.15) is 10.2 Å². The van der Waals surface area contributed by atoms with Gasteiger partial charge in [0.1, 0.15) is 0 Å².